The lowest BCUT2D eigenvalue weighted by molar-refractivity contribution is 0.586. The monoisotopic (exact) mass is 379 g/mol. The fourth-order valence-corrected chi connectivity index (χ4v) is 3.00. The summed E-state index contributed by atoms with van der Waals surface area (Å²) in [6.07, 6.45) is 2.68. The van der Waals surface area contributed by atoms with Crippen LogP contribution in [-0.4, -0.2) is 50.8 Å². The Labute approximate surface area is 147 Å². The van der Waals surface area contributed by atoms with Crippen LogP contribution in [0.25, 0.3) is 10.9 Å². The zero-order chi connectivity index (χ0) is 14.9. The van der Waals surface area contributed by atoms with Crippen LogP contribution in [0.5, 0.6) is 0 Å². The van der Waals surface area contributed by atoms with Gasteiger partial charge in [0, 0.05) is 37.3 Å². The third kappa shape index (κ3) is 4.81. The van der Waals surface area contributed by atoms with E-state index in [9.17, 15) is 8.42 Å². The maximum Gasteiger partial charge on any atom is 0.229 e. The zero-order valence-electron chi connectivity index (χ0n) is 12.5. The molecule has 0 bridgehead atoms. The molecule has 1 aromatic heterocycles. The van der Waals surface area contributed by atoms with E-state index in [4.69, 9.17) is 0 Å². The molecule has 0 saturated carbocycles. The summed E-state index contributed by atoms with van der Waals surface area (Å²) in [7, 11) is -3.30. The molecule has 1 aromatic carbocycles. The zero-order valence-corrected chi connectivity index (χ0v) is 15.0. The minimum absolute atomic E-state index is 0. The van der Waals surface area contributed by atoms with Crippen LogP contribution in [-0.2, 0) is 10.0 Å². The molecule has 128 valence electrons. The normalized spacial score (nSPS) is 14.7. The molecule has 0 atom stereocenters. The Hall–Kier alpha value is -1.35. The van der Waals surface area contributed by atoms with E-state index in [1.807, 2.05) is 0 Å². The van der Waals surface area contributed by atoms with E-state index in [0.717, 1.165) is 49.2 Å². The number of hydrogen-bond acceptors (Lipinski definition) is 6. The number of anilines is 2. The Bertz CT molecular complexity index is 766. The van der Waals surface area contributed by atoms with Crippen LogP contribution >= 0.6 is 24.8 Å². The number of hydrogen-bond donors (Lipinski definition) is 2. The van der Waals surface area contributed by atoms with Gasteiger partial charge in [-0.2, -0.15) is 0 Å². The number of fused-ring (bicyclic) bond motifs is 1. The molecule has 2 N–H and O–H groups in total. The average molecular weight is 380 g/mol. The fourth-order valence-electron chi connectivity index (χ4n) is 2.45. The summed E-state index contributed by atoms with van der Waals surface area (Å²) in [5.41, 5.74) is 1.33. The predicted molar refractivity (Wildman–Crippen MR) is 97.6 cm³/mol. The number of benzene rings is 1. The Morgan fingerprint density at radius 2 is 1.87 bits per heavy atom. The van der Waals surface area contributed by atoms with Gasteiger partial charge in [0.05, 0.1) is 11.8 Å². The molecular formula is C13H19Cl2N5O2S. The molecule has 0 radical (unpaired) electrons. The first-order valence-electron chi connectivity index (χ1n) is 6.71. The SMILES string of the molecule is CS(=O)(=O)Nc1ccc2ncnc(N3CCNCC3)c2c1.Cl.Cl. The molecule has 0 unspecified atom stereocenters. The van der Waals surface area contributed by atoms with E-state index in [1.54, 1.807) is 24.5 Å². The first-order valence-corrected chi connectivity index (χ1v) is 8.60. The fraction of sp³-hybridized carbons (Fsp3) is 0.385. The summed E-state index contributed by atoms with van der Waals surface area (Å²) in [6.45, 7) is 3.56. The number of sulfonamides is 1. The summed E-state index contributed by atoms with van der Waals surface area (Å²) in [5.74, 6) is 0.846. The molecule has 2 aromatic rings. The van der Waals surface area contributed by atoms with Crippen molar-refractivity contribution >= 4 is 57.2 Å². The van der Waals surface area contributed by atoms with Crippen molar-refractivity contribution in [1.82, 2.24) is 15.3 Å². The number of halogens is 2. The van der Waals surface area contributed by atoms with E-state index in [0.29, 0.717) is 5.69 Å². The number of rotatable bonds is 3. The van der Waals surface area contributed by atoms with Gasteiger partial charge in [-0.25, -0.2) is 18.4 Å². The van der Waals surface area contributed by atoms with Crippen LogP contribution in [0.3, 0.4) is 0 Å². The van der Waals surface area contributed by atoms with Crippen LogP contribution in [0.1, 0.15) is 0 Å². The molecule has 1 fully saturated rings. The van der Waals surface area contributed by atoms with Gasteiger partial charge >= 0.3 is 0 Å². The van der Waals surface area contributed by atoms with Gasteiger partial charge in [-0.3, -0.25) is 4.72 Å². The van der Waals surface area contributed by atoms with Gasteiger partial charge in [0.2, 0.25) is 10.0 Å². The standard InChI is InChI=1S/C13H17N5O2S.2ClH/c1-21(19,20)17-10-2-3-12-11(8-10)13(16-9-15-12)18-6-4-14-5-7-18;;/h2-3,8-9,14,17H,4-7H2,1H3;2*1H. The highest BCUT2D eigenvalue weighted by Crippen LogP contribution is 2.26. The first-order chi connectivity index (χ1) is 10.0. The summed E-state index contributed by atoms with van der Waals surface area (Å²) >= 11 is 0. The number of piperazine rings is 1. The second-order valence-electron chi connectivity index (χ2n) is 5.04. The van der Waals surface area contributed by atoms with Crippen molar-refractivity contribution in [3.05, 3.63) is 24.5 Å². The van der Waals surface area contributed by atoms with Gasteiger partial charge in [-0.05, 0) is 18.2 Å². The van der Waals surface area contributed by atoms with Crippen LogP contribution in [0.2, 0.25) is 0 Å². The summed E-state index contributed by atoms with van der Waals surface area (Å²) in [5, 5.41) is 4.15. The van der Waals surface area contributed by atoms with E-state index in [-0.39, 0.29) is 24.8 Å². The van der Waals surface area contributed by atoms with Gasteiger partial charge in [0.15, 0.2) is 0 Å². The van der Waals surface area contributed by atoms with E-state index >= 15 is 0 Å². The highest BCUT2D eigenvalue weighted by molar-refractivity contribution is 7.92. The van der Waals surface area contributed by atoms with Gasteiger partial charge in [0.1, 0.15) is 12.1 Å². The van der Waals surface area contributed by atoms with Gasteiger partial charge in [0.25, 0.3) is 0 Å². The summed E-state index contributed by atoms with van der Waals surface area (Å²) < 4.78 is 25.2. The second kappa shape index (κ2) is 7.96. The van der Waals surface area contributed by atoms with Crippen molar-refractivity contribution in [2.24, 2.45) is 0 Å². The largest absolute Gasteiger partial charge is 0.353 e. The van der Waals surface area contributed by atoms with Crippen LogP contribution in [0.15, 0.2) is 24.5 Å². The van der Waals surface area contributed by atoms with Gasteiger partial charge in [-0.1, -0.05) is 0 Å². The maximum atomic E-state index is 11.4. The maximum absolute atomic E-state index is 11.4. The lowest BCUT2D eigenvalue weighted by Gasteiger charge is -2.29. The summed E-state index contributed by atoms with van der Waals surface area (Å²) in [4.78, 5) is 10.8. The Kier molecular flexibility index (Phi) is 6.82. The van der Waals surface area contributed by atoms with E-state index in [1.165, 1.54) is 0 Å². The van der Waals surface area contributed by atoms with Crippen LogP contribution < -0.4 is 14.9 Å². The Balaban J connectivity index is 0.00000132. The van der Waals surface area contributed by atoms with Crippen molar-refractivity contribution in [1.29, 1.82) is 0 Å². The molecule has 7 nitrogen and oxygen atoms in total. The summed E-state index contributed by atoms with van der Waals surface area (Å²) in [6, 6.07) is 5.29. The first kappa shape index (κ1) is 19.7. The minimum Gasteiger partial charge on any atom is -0.353 e. The lowest BCUT2D eigenvalue weighted by Crippen LogP contribution is -2.44. The molecule has 0 spiro atoms. The van der Waals surface area contributed by atoms with Gasteiger partial charge in [-0.15, -0.1) is 24.8 Å². The molecule has 1 aliphatic rings. The van der Waals surface area contributed by atoms with Crippen molar-refractivity contribution in [2.45, 2.75) is 0 Å². The molecule has 0 aliphatic carbocycles. The lowest BCUT2D eigenvalue weighted by atomic mass is 10.2. The number of aromatic nitrogens is 2. The number of nitrogens with one attached hydrogen (secondary N) is 2. The smallest absolute Gasteiger partial charge is 0.229 e. The van der Waals surface area contributed by atoms with Gasteiger partial charge < -0.3 is 10.2 Å². The topological polar surface area (TPSA) is 87.2 Å². The molecule has 0 amide bonds. The average Bonchev–Trinajstić information content (AvgIpc) is 2.46. The van der Waals surface area contributed by atoms with Crippen LogP contribution in [0.4, 0.5) is 11.5 Å². The van der Waals surface area contributed by atoms with Crippen molar-refractivity contribution in [3.63, 3.8) is 0 Å². The predicted octanol–water partition coefficient (Wildman–Crippen LogP) is 1.25. The molecule has 10 heteroatoms. The van der Waals surface area contributed by atoms with E-state index in [2.05, 4.69) is 24.9 Å². The second-order valence-corrected chi connectivity index (χ2v) is 6.79. The quantitative estimate of drug-likeness (QED) is 0.834. The van der Waals surface area contributed by atoms with Crippen molar-refractivity contribution in [3.8, 4) is 0 Å². The Morgan fingerprint density at radius 3 is 2.52 bits per heavy atom. The highest BCUT2D eigenvalue weighted by Gasteiger charge is 2.15. The minimum atomic E-state index is -3.30. The number of nitrogens with zero attached hydrogens (tertiary/aromatic N) is 3. The molecule has 23 heavy (non-hydrogen) atoms. The van der Waals surface area contributed by atoms with E-state index < -0.39 is 10.0 Å². The Morgan fingerprint density at radius 1 is 1.17 bits per heavy atom. The molecule has 3 rings (SSSR count). The molecule has 1 aliphatic heterocycles. The van der Waals surface area contributed by atoms with Crippen molar-refractivity contribution in [2.75, 3.05) is 42.1 Å². The third-order valence-corrected chi connectivity index (χ3v) is 3.94. The third-order valence-electron chi connectivity index (χ3n) is 3.33. The molecule has 2 heterocycles. The highest BCUT2D eigenvalue weighted by atomic mass is 35.5. The van der Waals surface area contributed by atoms with Crippen molar-refractivity contribution < 1.29 is 8.42 Å². The van der Waals surface area contributed by atoms with Crippen LogP contribution in [0, 0.1) is 0 Å². The molecular weight excluding hydrogens is 361 g/mol. The molecule has 1 saturated heterocycles.